The maximum atomic E-state index is 11.7. The normalized spacial score (nSPS) is 10.4. The molecule has 1 aromatic carbocycles. The molecule has 0 saturated heterocycles. The summed E-state index contributed by atoms with van der Waals surface area (Å²) in [6.45, 7) is 3.90. The number of anilines is 2. The van der Waals surface area contributed by atoms with Crippen LogP contribution in [0.25, 0.3) is 0 Å². The van der Waals surface area contributed by atoms with Crippen LogP contribution >= 0.6 is 34.5 Å². The van der Waals surface area contributed by atoms with Crippen LogP contribution in [-0.4, -0.2) is 17.6 Å². The molecule has 0 spiro atoms. The van der Waals surface area contributed by atoms with Gasteiger partial charge in [0, 0.05) is 9.90 Å². The van der Waals surface area contributed by atoms with E-state index in [0.717, 1.165) is 4.88 Å². The Bertz CT molecular complexity index is 643. The van der Waals surface area contributed by atoms with E-state index < -0.39 is 5.97 Å². The number of nitrogens with zero attached hydrogens (tertiary/aromatic N) is 1. The third-order valence-electron chi connectivity index (χ3n) is 2.44. The van der Waals surface area contributed by atoms with Gasteiger partial charge in [0.25, 0.3) is 0 Å². The lowest BCUT2D eigenvalue weighted by atomic mass is 10.3. The van der Waals surface area contributed by atoms with Gasteiger partial charge >= 0.3 is 5.97 Å². The van der Waals surface area contributed by atoms with Gasteiger partial charge in [-0.3, -0.25) is 0 Å². The molecular weight excluding hydrogens is 319 g/mol. The first-order valence-corrected chi connectivity index (χ1v) is 7.45. The monoisotopic (exact) mass is 330 g/mol. The first kappa shape index (κ1) is 15.1. The van der Waals surface area contributed by atoms with Crippen molar-refractivity contribution in [3.05, 3.63) is 38.8 Å². The Hall–Kier alpha value is -1.30. The van der Waals surface area contributed by atoms with Gasteiger partial charge in [0.15, 0.2) is 10.8 Å². The third kappa shape index (κ3) is 3.42. The van der Waals surface area contributed by atoms with Crippen LogP contribution in [0, 0.1) is 6.92 Å². The van der Waals surface area contributed by atoms with Crippen molar-refractivity contribution in [1.82, 2.24) is 4.98 Å². The van der Waals surface area contributed by atoms with Gasteiger partial charge in [-0.15, -0.1) is 11.3 Å². The average molecular weight is 331 g/mol. The number of aryl methyl sites for hydroxylation is 1. The highest BCUT2D eigenvalue weighted by molar-refractivity contribution is 7.15. The zero-order valence-electron chi connectivity index (χ0n) is 10.9. The standard InChI is InChI=1S/C13H12Cl2N2O2S/c1-3-19-12(18)11-7(2)20-13(17-11)16-10-5-4-8(14)6-9(10)15/h4-6H,3H2,1-2H3,(H,16,17). The molecule has 4 nitrogen and oxygen atoms in total. The molecule has 0 aliphatic carbocycles. The highest BCUT2D eigenvalue weighted by atomic mass is 35.5. The van der Waals surface area contributed by atoms with Gasteiger partial charge in [0.2, 0.25) is 0 Å². The van der Waals surface area contributed by atoms with Gasteiger partial charge in [-0.05, 0) is 32.0 Å². The van der Waals surface area contributed by atoms with Crippen molar-refractivity contribution < 1.29 is 9.53 Å². The van der Waals surface area contributed by atoms with E-state index in [2.05, 4.69) is 10.3 Å². The van der Waals surface area contributed by atoms with Crippen molar-refractivity contribution in [2.75, 3.05) is 11.9 Å². The van der Waals surface area contributed by atoms with Crippen molar-refractivity contribution in [3.63, 3.8) is 0 Å². The maximum Gasteiger partial charge on any atom is 0.358 e. The highest BCUT2D eigenvalue weighted by Crippen LogP contribution is 2.31. The fourth-order valence-electron chi connectivity index (χ4n) is 1.54. The molecule has 0 unspecified atom stereocenters. The average Bonchev–Trinajstić information content (AvgIpc) is 2.74. The minimum Gasteiger partial charge on any atom is -0.461 e. The lowest BCUT2D eigenvalue weighted by Crippen LogP contribution is -2.06. The number of thiazole rings is 1. The van der Waals surface area contributed by atoms with Gasteiger partial charge in [-0.25, -0.2) is 9.78 Å². The van der Waals surface area contributed by atoms with Crippen LogP contribution < -0.4 is 5.32 Å². The van der Waals surface area contributed by atoms with Gasteiger partial charge in [-0.2, -0.15) is 0 Å². The molecule has 0 fully saturated rings. The second-order valence-corrected chi connectivity index (χ2v) is 5.94. The second kappa shape index (κ2) is 6.43. The summed E-state index contributed by atoms with van der Waals surface area (Å²) in [6, 6.07) is 5.12. The molecule has 0 aliphatic heterocycles. The molecule has 0 atom stereocenters. The molecular formula is C13H12Cl2N2O2S. The van der Waals surface area contributed by atoms with Crippen LogP contribution in [0.3, 0.4) is 0 Å². The van der Waals surface area contributed by atoms with Crippen molar-refractivity contribution in [2.24, 2.45) is 0 Å². The number of rotatable bonds is 4. The van der Waals surface area contributed by atoms with Crippen molar-refractivity contribution in [3.8, 4) is 0 Å². The van der Waals surface area contributed by atoms with E-state index in [1.54, 1.807) is 25.1 Å². The van der Waals surface area contributed by atoms with Gasteiger partial charge < -0.3 is 10.1 Å². The summed E-state index contributed by atoms with van der Waals surface area (Å²) in [6.07, 6.45) is 0. The predicted octanol–water partition coefficient (Wildman–Crippen LogP) is 4.68. The first-order valence-electron chi connectivity index (χ1n) is 5.88. The summed E-state index contributed by atoms with van der Waals surface area (Å²) in [7, 11) is 0. The predicted molar refractivity (Wildman–Crippen MR) is 82.6 cm³/mol. The number of nitrogens with one attached hydrogen (secondary N) is 1. The summed E-state index contributed by atoms with van der Waals surface area (Å²) in [5, 5.41) is 4.69. The van der Waals surface area contributed by atoms with Crippen molar-refractivity contribution in [1.29, 1.82) is 0 Å². The molecule has 2 rings (SSSR count). The third-order valence-corrected chi connectivity index (χ3v) is 3.87. The van der Waals surface area contributed by atoms with Crippen LogP contribution in [0.4, 0.5) is 10.8 Å². The van der Waals surface area contributed by atoms with Crippen LogP contribution in [0.1, 0.15) is 22.3 Å². The number of ether oxygens (including phenoxy) is 1. The largest absolute Gasteiger partial charge is 0.461 e. The molecule has 2 aromatic rings. The van der Waals surface area contributed by atoms with Gasteiger partial charge in [-0.1, -0.05) is 23.2 Å². The van der Waals surface area contributed by atoms with Crippen LogP contribution in [0.15, 0.2) is 18.2 Å². The Kier molecular flexibility index (Phi) is 4.86. The zero-order chi connectivity index (χ0) is 14.7. The number of carbonyl (C=O) groups is 1. The van der Waals surface area contributed by atoms with E-state index in [4.69, 9.17) is 27.9 Å². The smallest absolute Gasteiger partial charge is 0.358 e. The van der Waals surface area contributed by atoms with Crippen molar-refractivity contribution in [2.45, 2.75) is 13.8 Å². The summed E-state index contributed by atoms with van der Waals surface area (Å²) in [4.78, 5) is 16.7. The summed E-state index contributed by atoms with van der Waals surface area (Å²) in [5.41, 5.74) is 1.00. The maximum absolute atomic E-state index is 11.7. The molecule has 7 heteroatoms. The molecule has 1 heterocycles. The topological polar surface area (TPSA) is 51.2 Å². The Balaban J connectivity index is 2.22. The summed E-state index contributed by atoms with van der Waals surface area (Å²) >= 11 is 13.3. The number of hydrogen-bond donors (Lipinski definition) is 1. The molecule has 106 valence electrons. The van der Waals surface area contributed by atoms with Crippen LogP contribution in [-0.2, 0) is 4.74 Å². The van der Waals surface area contributed by atoms with Crippen LogP contribution in [0.5, 0.6) is 0 Å². The lowest BCUT2D eigenvalue weighted by molar-refractivity contribution is 0.0519. The van der Waals surface area contributed by atoms with E-state index in [0.29, 0.717) is 33.2 Å². The molecule has 20 heavy (non-hydrogen) atoms. The van der Waals surface area contributed by atoms with E-state index in [-0.39, 0.29) is 0 Å². The summed E-state index contributed by atoms with van der Waals surface area (Å²) < 4.78 is 4.95. The van der Waals surface area contributed by atoms with Crippen LogP contribution in [0.2, 0.25) is 10.0 Å². The first-order chi connectivity index (χ1) is 9.51. The van der Waals surface area contributed by atoms with E-state index in [1.807, 2.05) is 6.92 Å². The lowest BCUT2D eigenvalue weighted by Gasteiger charge is -2.05. The number of benzene rings is 1. The summed E-state index contributed by atoms with van der Waals surface area (Å²) in [5.74, 6) is -0.420. The molecule has 1 aromatic heterocycles. The Morgan fingerprint density at radius 2 is 2.20 bits per heavy atom. The molecule has 0 saturated carbocycles. The Labute approximate surface area is 130 Å². The Morgan fingerprint density at radius 1 is 1.45 bits per heavy atom. The van der Waals surface area contributed by atoms with Crippen molar-refractivity contribution >= 4 is 51.3 Å². The van der Waals surface area contributed by atoms with Gasteiger partial charge in [0.05, 0.1) is 17.3 Å². The fourth-order valence-corrected chi connectivity index (χ4v) is 2.81. The van der Waals surface area contributed by atoms with Gasteiger partial charge in [0.1, 0.15) is 0 Å². The van der Waals surface area contributed by atoms with E-state index in [9.17, 15) is 4.79 Å². The Morgan fingerprint density at radius 3 is 2.85 bits per heavy atom. The molecule has 0 amide bonds. The molecule has 0 bridgehead atoms. The number of aromatic nitrogens is 1. The number of esters is 1. The van der Waals surface area contributed by atoms with E-state index >= 15 is 0 Å². The fraction of sp³-hybridized carbons (Fsp3) is 0.231. The highest BCUT2D eigenvalue weighted by Gasteiger charge is 2.16. The zero-order valence-corrected chi connectivity index (χ0v) is 13.2. The molecule has 0 aliphatic rings. The SMILES string of the molecule is CCOC(=O)c1nc(Nc2ccc(Cl)cc2Cl)sc1C. The number of hydrogen-bond acceptors (Lipinski definition) is 5. The molecule has 1 N–H and O–H groups in total. The number of halogens is 2. The quantitative estimate of drug-likeness (QED) is 0.827. The minimum atomic E-state index is -0.420. The minimum absolute atomic E-state index is 0.321. The molecule has 0 radical (unpaired) electrons. The second-order valence-electron chi connectivity index (χ2n) is 3.89. The number of carbonyl (C=O) groups excluding carboxylic acids is 1. The van der Waals surface area contributed by atoms with E-state index in [1.165, 1.54) is 11.3 Å².